The minimum absolute atomic E-state index is 0.0837. The van der Waals surface area contributed by atoms with E-state index in [1.165, 1.54) is 30.9 Å². The van der Waals surface area contributed by atoms with Crippen LogP contribution < -0.4 is 11.0 Å². The highest BCUT2D eigenvalue weighted by molar-refractivity contribution is 5.72. The van der Waals surface area contributed by atoms with Gasteiger partial charge in [-0.05, 0) is 25.9 Å². The number of rotatable bonds is 9. The Kier molecular flexibility index (Phi) is 7.72. The zero-order valence-corrected chi connectivity index (χ0v) is 14.4. The van der Waals surface area contributed by atoms with E-state index in [1.54, 1.807) is 0 Å². The molecule has 0 aromatic heterocycles. The monoisotopic (exact) mass is 329 g/mol. The van der Waals surface area contributed by atoms with Gasteiger partial charge < -0.3 is 10.2 Å². The van der Waals surface area contributed by atoms with Crippen LogP contribution in [0.15, 0.2) is 0 Å². The van der Waals surface area contributed by atoms with Gasteiger partial charge in [0.2, 0.25) is 5.72 Å². The van der Waals surface area contributed by atoms with Crippen LogP contribution in [0.25, 0.3) is 0 Å². The summed E-state index contributed by atoms with van der Waals surface area (Å²) in [6.45, 7) is 5.83. The van der Waals surface area contributed by atoms with Crippen molar-refractivity contribution in [1.29, 1.82) is 0 Å². The van der Waals surface area contributed by atoms with Gasteiger partial charge in [-0.25, -0.2) is 9.63 Å². The average molecular weight is 329 g/mol. The highest BCUT2D eigenvalue weighted by atomic mass is 17.2. The molecule has 134 valence electrons. The van der Waals surface area contributed by atoms with E-state index in [4.69, 9.17) is 14.6 Å². The first-order valence-corrected chi connectivity index (χ1v) is 9.04. The number of hydrogen-bond acceptors (Lipinski definition) is 7. The standard InChI is InChI=1S/C16H31N3O4/c1-3-5-6-7-8-9-14(4-2)15(20)21-19-16(22-18-23-19)10-12-17-13-11-16/h14,17-18H,3-13H2,1-2H3. The zero-order valence-electron chi connectivity index (χ0n) is 14.4. The van der Waals surface area contributed by atoms with Gasteiger partial charge in [-0.1, -0.05) is 51.6 Å². The lowest BCUT2D eigenvalue weighted by Gasteiger charge is -2.34. The first kappa shape index (κ1) is 18.6. The fourth-order valence-electron chi connectivity index (χ4n) is 3.09. The smallest absolute Gasteiger partial charge is 0.331 e. The molecule has 2 saturated heterocycles. The van der Waals surface area contributed by atoms with E-state index in [0.717, 1.165) is 32.4 Å². The maximum atomic E-state index is 12.4. The van der Waals surface area contributed by atoms with Crippen molar-refractivity contribution in [3.8, 4) is 0 Å². The van der Waals surface area contributed by atoms with Crippen molar-refractivity contribution >= 4 is 5.97 Å². The lowest BCUT2D eigenvalue weighted by atomic mass is 9.98. The van der Waals surface area contributed by atoms with Crippen LogP contribution in [0, 0.1) is 5.92 Å². The minimum atomic E-state index is -0.708. The molecule has 0 aromatic rings. The SMILES string of the molecule is CCCCCCCC(CC)C(=O)ON1ONOC12CCNCC2. The molecule has 2 aliphatic heterocycles. The van der Waals surface area contributed by atoms with Gasteiger partial charge in [-0.15, -0.1) is 4.94 Å². The van der Waals surface area contributed by atoms with E-state index in [9.17, 15) is 4.79 Å². The van der Waals surface area contributed by atoms with Crippen LogP contribution in [0.2, 0.25) is 0 Å². The Morgan fingerprint density at radius 1 is 1.22 bits per heavy atom. The molecular weight excluding hydrogens is 298 g/mol. The molecule has 1 atom stereocenters. The molecule has 0 aliphatic carbocycles. The number of hydrogen-bond donors (Lipinski definition) is 2. The van der Waals surface area contributed by atoms with E-state index in [0.29, 0.717) is 12.8 Å². The second-order valence-corrected chi connectivity index (χ2v) is 6.45. The number of hydroxylamine groups is 2. The Morgan fingerprint density at radius 3 is 2.65 bits per heavy atom. The summed E-state index contributed by atoms with van der Waals surface area (Å²) in [7, 11) is 0. The van der Waals surface area contributed by atoms with E-state index in [2.05, 4.69) is 17.9 Å². The zero-order chi connectivity index (χ0) is 16.5. The quantitative estimate of drug-likeness (QED) is 0.630. The molecule has 23 heavy (non-hydrogen) atoms. The van der Waals surface area contributed by atoms with Crippen LogP contribution >= 0.6 is 0 Å². The van der Waals surface area contributed by atoms with Crippen molar-refractivity contribution in [3.05, 3.63) is 0 Å². The first-order valence-electron chi connectivity index (χ1n) is 9.04. The van der Waals surface area contributed by atoms with Gasteiger partial charge in [0.15, 0.2) is 0 Å². The van der Waals surface area contributed by atoms with Crippen LogP contribution in [0.4, 0.5) is 0 Å². The van der Waals surface area contributed by atoms with Crippen molar-refractivity contribution < 1.29 is 19.4 Å². The van der Waals surface area contributed by atoms with Crippen LogP contribution in [0.3, 0.4) is 0 Å². The van der Waals surface area contributed by atoms with Gasteiger partial charge in [-0.3, -0.25) is 0 Å². The van der Waals surface area contributed by atoms with Crippen molar-refractivity contribution in [1.82, 2.24) is 16.2 Å². The summed E-state index contributed by atoms with van der Waals surface area (Å²) in [5.41, 5.74) is 1.67. The van der Waals surface area contributed by atoms with Crippen LogP contribution in [-0.2, 0) is 19.4 Å². The molecule has 0 amide bonds. The molecule has 0 radical (unpaired) electrons. The highest BCUT2D eigenvalue weighted by Crippen LogP contribution is 2.31. The molecule has 2 heterocycles. The van der Waals surface area contributed by atoms with E-state index in [1.807, 2.05) is 6.92 Å². The molecule has 7 heteroatoms. The maximum absolute atomic E-state index is 12.4. The van der Waals surface area contributed by atoms with Gasteiger partial charge >= 0.3 is 5.97 Å². The molecular formula is C16H31N3O4. The second-order valence-electron chi connectivity index (χ2n) is 6.45. The molecule has 1 unspecified atom stereocenters. The van der Waals surface area contributed by atoms with E-state index >= 15 is 0 Å². The topological polar surface area (TPSA) is 72.1 Å². The number of piperidine rings is 1. The van der Waals surface area contributed by atoms with Crippen molar-refractivity contribution in [2.45, 2.75) is 77.4 Å². The summed E-state index contributed by atoms with van der Waals surface area (Å²) in [6.07, 6.45) is 9.03. The third-order valence-electron chi connectivity index (χ3n) is 4.72. The van der Waals surface area contributed by atoms with Crippen molar-refractivity contribution in [2.24, 2.45) is 5.92 Å². The molecule has 2 fully saturated rings. The molecule has 2 N–H and O–H groups in total. The fraction of sp³-hybridized carbons (Fsp3) is 0.938. The summed E-state index contributed by atoms with van der Waals surface area (Å²) in [4.78, 5) is 28.6. The Balaban J connectivity index is 1.79. The number of carbonyl (C=O) groups excluding carboxylic acids is 1. The molecule has 2 rings (SSSR count). The first-order chi connectivity index (χ1) is 11.2. The Bertz CT molecular complexity index is 361. The third-order valence-corrected chi connectivity index (χ3v) is 4.72. The number of carbonyl (C=O) groups is 1. The molecule has 0 saturated carbocycles. The van der Waals surface area contributed by atoms with E-state index in [-0.39, 0.29) is 11.9 Å². The Labute approximate surface area is 138 Å². The summed E-state index contributed by atoms with van der Waals surface area (Å²) in [6, 6.07) is 0. The van der Waals surface area contributed by atoms with Gasteiger partial charge in [0.05, 0.1) is 5.92 Å². The van der Waals surface area contributed by atoms with Crippen LogP contribution in [-0.4, -0.2) is 30.0 Å². The summed E-state index contributed by atoms with van der Waals surface area (Å²) in [5.74, 6) is -0.312. The Morgan fingerprint density at radius 2 is 1.96 bits per heavy atom. The highest BCUT2D eigenvalue weighted by Gasteiger charge is 2.49. The molecule has 7 nitrogen and oxygen atoms in total. The summed E-state index contributed by atoms with van der Waals surface area (Å²) in [5, 5.41) is 4.48. The van der Waals surface area contributed by atoms with Gasteiger partial charge in [0, 0.05) is 18.1 Å². The van der Waals surface area contributed by atoms with Crippen LogP contribution in [0.1, 0.15) is 71.6 Å². The third kappa shape index (κ3) is 5.12. The maximum Gasteiger partial charge on any atom is 0.331 e. The predicted molar refractivity (Wildman–Crippen MR) is 85.2 cm³/mol. The minimum Gasteiger partial charge on any atom is -0.338 e. The number of nitrogens with one attached hydrogen (secondary N) is 2. The number of nitrogens with zero attached hydrogens (tertiary/aromatic N) is 1. The van der Waals surface area contributed by atoms with Gasteiger partial charge in [0.1, 0.15) is 0 Å². The Hall–Kier alpha value is -0.730. The van der Waals surface area contributed by atoms with E-state index < -0.39 is 5.72 Å². The largest absolute Gasteiger partial charge is 0.338 e. The van der Waals surface area contributed by atoms with Crippen molar-refractivity contribution in [2.75, 3.05) is 13.1 Å². The fourth-order valence-corrected chi connectivity index (χ4v) is 3.09. The summed E-state index contributed by atoms with van der Waals surface area (Å²) < 4.78 is 0. The van der Waals surface area contributed by atoms with Gasteiger partial charge in [-0.2, -0.15) is 0 Å². The molecule has 2 aliphatic rings. The predicted octanol–water partition coefficient (Wildman–Crippen LogP) is 2.59. The van der Waals surface area contributed by atoms with Crippen LogP contribution in [0.5, 0.6) is 0 Å². The average Bonchev–Trinajstić information content (AvgIpc) is 2.93. The molecule has 0 bridgehead atoms. The summed E-state index contributed by atoms with van der Waals surface area (Å²) >= 11 is 0. The molecule has 1 spiro atoms. The molecule has 0 aromatic carbocycles. The van der Waals surface area contributed by atoms with Gasteiger partial charge in [0.25, 0.3) is 0 Å². The lowest BCUT2D eigenvalue weighted by molar-refractivity contribution is -0.379. The normalized spacial score (nSPS) is 22.3. The second kappa shape index (κ2) is 9.54. The number of unbranched alkanes of at least 4 members (excludes halogenated alkanes) is 4. The van der Waals surface area contributed by atoms with Crippen molar-refractivity contribution in [3.63, 3.8) is 0 Å². The lowest BCUT2D eigenvalue weighted by Crippen LogP contribution is -2.52.